The van der Waals surface area contributed by atoms with E-state index in [4.69, 9.17) is 21.1 Å². The number of hydrogen-bond donors (Lipinski definition) is 0. The molecule has 0 N–H and O–H groups in total. The first kappa shape index (κ1) is 24.6. The van der Waals surface area contributed by atoms with E-state index in [9.17, 15) is 9.18 Å². The Morgan fingerprint density at radius 2 is 1.81 bits per heavy atom. The van der Waals surface area contributed by atoms with Crippen molar-refractivity contribution in [1.29, 1.82) is 0 Å². The van der Waals surface area contributed by atoms with Gasteiger partial charge in [0.25, 0.3) is 0 Å². The van der Waals surface area contributed by atoms with Crippen molar-refractivity contribution in [2.45, 2.75) is 77.2 Å². The molecule has 1 aromatic heterocycles. The molecule has 2 aromatic carbocycles. The van der Waals surface area contributed by atoms with Gasteiger partial charge in [0.15, 0.2) is 17.4 Å². The second-order valence-corrected chi connectivity index (χ2v) is 10.9. The van der Waals surface area contributed by atoms with Crippen LogP contribution in [0.3, 0.4) is 0 Å². The summed E-state index contributed by atoms with van der Waals surface area (Å²) >= 11 is 6.33. The third kappa shape index (κ3) is 5.19. The summed E-state index contributed by atoms with van der Waals surface area (Å²) < 4.78 is 27.7. The number of aromatic nitrogens is 3. The summed E-state index contributed by atoms with van der Waals surface area (Å²) in [5.74, 6) is 1.67. The van der Waals surface area contributed by atoms with E-state index >= 15 is 0 Å². The van der Waals surface area contributed by atoms with E-state index in [0.717, 1.165) is 42.8 Å². The molecule has 7 nitrogen and oxygen atoms in total. The van der Waals surface area contributed by atoms with Crippen LogP contribution in [0, 0.1) is 5.82 Å². The quantitative estimate of drug-likeness (QED) is 0.405. The molecular formula is C27H30ClFN4O3. The largest absolute Gasteiger partial charge is 0.487 e. The molecule has 3 aromatic rings. The van der Waals surface area contributed by atoms with Crippen molar-refractivity contribution < 1.29 is 18.7 Å². The molecule has 1 aliphatic carbocycles. The molecule has 0 atom stereocenters. The Kier molecular flexibility index (Phi) is 6.64. The topological polar surface area (TPSA) is 69.5 Å². The molecular weight excluding hydrogens is 483 g/mol. The summed E-state index contributed by atoms with van der Waals surface area (Å²) in [6.45, 7) is 6.18. The van der Waals surface area contributed by atoms with Gasteiger partial charge in [-0.3, -0.25) is 9.47 Å². The Balaban J connectivity index is 1.39. The van der Waals surface area contributed by atoms with Crippen LogP contribution in [-0.2, 0) is 17.8 Å². The highest BCUT2D eigenvalue weighted by atomic mass is 35.5. The normalized spacial score (nSPS) is 19.8. The molecule has 2 aliphatic rings. The summed E-state index contributed by atoms with van der Waals surface area (Å²) in [7, 11) is 0. The molecule has 0 bridgehead atoms. The Bertz CT molecular complexity index is 1260. The molecule has 0 saturated heterocycles. The number of carbonyl (C=O) groups excluding carboxylic acids is 1. The number of benzene rings is 2. The first-order chi connectivity index (χ1) is 17.2. The fourth-order valence-corrected chi connectivity index (χ4v) is 5.10. The lowest BCUT2D eigenvalue weighted by Crippen LogP contribution is -2.35. The van der Waals surface area contributed by atoms with E-state index in [1.165, 1.54) is 6.07 Å². The van der Waals surface area contributed by atoms with Crippen LogP contribution in [0.1, 0.15) is 69.6 Å². The zero-order valence-corrected chi connectivity index (χ0v) is 21.5. The van der Waals surface area contributed by atoms with Crippen LogP contribution in [0.4, 0.5) is 9.18 Å². The molecule has 1 amide bonds. The van der Waals surface area contributed by atoms with Gasteiger partial charge >= 0.3 is 6.09 Å². The summed E-state index contributed by atoms with van der Waals surface area (Å²) in [4.78, 5) is 14.6. The van der Waals surface area contributed by atoms with E-state index in [2.05, 4.69) is 14.8 Å². The maximum Gasteiger partial charge on any atom is 0.411 e. The van der Waals surface area contributed by atoms with Gasteiger partial charge in [0.2, 0.25) is 0 Å². The van der Waals surface area contributed by atoms with Crippen molar-refractivity contribution in [2.75, 3.05) is 0 Å². The molecule has 190 valence electrons. The molecule has 1 aliphatic heterocycles. The molecule has 9 heteroatoms. The third-order valence-corrected chi connectivity index (χ3v) is 6.79. The van der Waals surface area contributed by atoms with Crippen molar-refractivity contribution in [3.05, 3.63) is 70.5 Å². The summed E-state index contributed by atoms with van der Waals surface area (Å²) in [5, 5.41) is 9.67. The van der Waals surface area contributed by atoms with Gasteiger partial charge in [0.05, 0.1) is 24.9 Å². The van der Waals surface area contributed by atoms with Crippen molar-refractivity contribution >= 4 is 17.7 Å². The van der Waals surface area contributed by atoms with Crippen LogP contribution in [0.25, 0.3) is 5.69 Å². The summed E-state index contributed by atoms with van der Waals surface area (Å²) in [6.07, 6.45) is 2.82. The zero-order chi connectivity index (χ0) is 25.4. The number of nitrogens with zero attached hydrogens (tertiary/aromatic N) is 4. The summed E-state index contributed by atoms with van der Waals surface area (Å²) in [5.41, 5.74) is 1.22. The number of carbonyl (C=O) groups is 1. The molecule has 2 heterocycles. The minimum atomic E-state index is -0.608. The van der Waals surface area contributed by atoms with Gasteiger partial charge in [-0.25, -0.2) is 9.18 Å². The number of amides is 1. The third-order valence-electron chi connectivity index (χ3n) is 6.55. The highest BCUT2D eigenvalue weighted by Crippen LogP contribution is 2.37. The fourth-order valence-electron chi connectivity index (χ4n) is 4.91. The standard InChI is InChI=1S/C27H30ClFN4O3/c1-27(2,3)36-26(34)32-15-18-14-19(28)10-13-22(18)33-24(16-32)30-31-25(33)17-8-11-20(12-9-17)35-23-7-5-4-6-21(23)29/h4-7,10,13-14,17,20H,8-9,11-12,15-16H2,1-3H3/t17-,20-. The number of para-hydroxylation sites is 1. The smallest absolute Gasteiger partial charge is 0.411 e. The van der Waals surface area contributed by atoms with Crippen molar-refractivity contribution in [3.63, 3.8) is 0 Å². The molecule has 0 unspecified atom stereocenters. The molecule has 5 rings (SSSR count). The molecule has 1 fully saturated rings. The molecule has 0 spiro atoms. The molecule has 0 radical (unpaired) electrons. The van der Waals surface area contributed by atoms with Crippen LogP contribution in [0.2, 0.25) is 5.02 Å². The minimum absolute atomic E-state index is 0.0431. The average molecular weight is 513 g/mol. The van der Waals surface area contributed by atoms with Gasteiger partial charge in [-0.15, -0.1) is 10.2 Å². The van der Waals surface area contributed by atoms with E-state index in [-0.39, 0.29) is 24.4 Å². The second kappa shape index (κ2) is 9.73. The van der Waals surface area contributed by atoms with Gasteiger partial charge in [0, 0.05) is 10.9 Å². The molecule has 36 heavy (non-hydrogen) atoms. The van der Waals surface area contributed by atoms with E-state index in [1.54, 1.807) is 23.1 Å². The predicted molar refractivity (Wildman–Crippen MR) is 134 cm³/mol. The number of ether oxygens (including phenoxy) is 2. The van der Waals surface area contributed by atoms with Gasteiger partial charge in [-0.05, 0) is 82.3 Å². The lowest BCUT2D eigenvalue weighted by molar-refractivity contribution is 0.0214. The maximum atomic E-state index is 14.0. The van der Waals surface area contributed by atoms with Gasteiger partial charge in [0.1, 0.15) is 11.4 Å². The minimum Gasteiger partial charge on any atom is -0.487 e. The zero-order valence-electron chi connectivity index (χ0n) is 20.7. The van der Waals surface area contributed by atoms with Crippen LogP contribution in [0.5, 0.6) is 5.75 Å². The van der Waals surface area contributed by atoms with Crippen molar-refractivity contribution in [3.8, 4) is 11.4 Å². The number of halogens is 2. The van der Waals surface area contributed by atoms with E-state index in [0.29, 0.717) is 23.1 Å². The van der Waals surface area contributed by atoms with E-state index < -0.39 is 11.7 Å². The first-order valence-corrected chi connectivity index (χ1v) is 12.7. The van der Waals surface area contributed by atoms with Crippen molar-refractivity contribution in [2.24, 2.45) is 0 Å². The van der Waals surface area contributed by atoms with Crippen LogP contribution >= 0.6 is 11.6 Å². The maximum absolute atomic E-state index is 14.0. The average Bonchev–Trinajstić information content (AvgIpc) is 3.15. The van der Waals surface area contributed by atoms with Crippen LogP contribution in [-0.4, -0.2) is 37.5 Å². The lowest BCUT2D eigenvalue weighted by atomic mass is 9.86. The SMILES string of the molecule is CC(C)(C)OC(=O)N1Cc2cc(Cl)ccc2-n2c(nnc2[C@H]2CC[C@H](Oc3ccccc3F)CC2)C1. The number of hydrogen-bond acceptors (Lipinski definition) is 5. The van der Waals surface area contributed by atoms with Crippen LogP contribution in [0.15, 0.2) is 42.5 Å². The molecule has 1 saturated carbocycles. The Hall–Kier alpha value is -3.13. The predicted octanol–water partition coefficient (Wildman–Crippen LogP) is 6.42. The van der Waals surface area contributed by atoms with Gasteiger partial charge in [-0.1, -0.05) is 23.7 Å². The highest BCUT2D eigenvalue weighted by Gasteiger charge is 2.33. The monoisotopic (exact) mass is 512 g/mol. The van der Waals surface area contributed by atoms with Gasteiger partial charge < -0.3 is 9.47 Å². The second-order valence-electron chi connectivity index (χ2n) is 10.4. The number of rotatable bonds is 3. The first-order valence-electron chi connectivity index (χ1n) is 12.3. The number of fused-ring (bicyclic) bond motifs is 3. The lowest BCUT2D eigenvalue weighted by Gasteiger charge is -2.29. The summed E-state index contributed by atoms with van der Waals surface area (Å²) in [6, 6.07) is 12.2. The van der Waals surface area contributed by atoms with Crippen molar-refractivity contribution in [1.82, 2.24) is 19.7 Å². The Morgan fingerprint density at radius 1 is 1.06 bits per heavy atom. The highest BCUT2D eigenvalue weighted by molar-refractivity contribution is 6.30. The van der Waals surface area contributed by atoms with Crippen LogP contribution < -0.4 is 4.74 Å². The van der Waals surface area contributed by atoms with E-state index in [1.807, 2.05) is 39.0 Å². The Labute approximate surface area is 215 Å². The van der Waals surface area contributed by atoms with Gasteiger partial charge in [-0.2, -0.15) is 0 Å². The Morgan fingerprint density at radius 3 is 2.53 bits per heavy atom. The fraction of sp³-hybridized carbons (Fsp3) is 0.444.